The minimum Gasteiger partial charge on any atom is -0.382 e. The fraction of sp³-hybridized carbons (Fsp3) is 0.421. The smallest absolute Gasteiger partial charge is 0.216 e. The number of para-hydroxylation sites is 1. The Hall–Kier alpha value is -2.67. The van der Waals surface area contributed by atoms with Crippen molar-refractivity contribution in [3.05, 3.63) is 30.6 Å². The number of carbonyl (C=O) groups is 1. The number of benzene rings is 1. The highest BCUT2D eigenvalue weighted by atomic mass is 16.5. The van der Waals surface area contributed by atoms with Crippen molar-refractivity contribution in [3.8, 4) is 0 Å². The molecule has 1 unspecified atom stereocenters. The summed E-state index contributed by atoms with van der Waals surface area (Å²) in [6.45, 7) is 5.40. The van der Waals surface area contributed by atoms with Crippen molar-refractivity contribution in [1.82, 2.24) is 19.9 Å². The van der Waals surface area contributed by atoms with E-state index in [-0.39, 0.29) is 11.9 Å². The van der Waals surface area contributed by atoms with Crippen LogP contribution in [0.5, 0.6) is 0 Å². The van der Waals surface area contributed by atoms with Crippen LogP contribution in [0.25, 0.3) is 21.9 Å². The molecule has 0 aliphatic heterocycles. The first kappa shape index (κ1) is 18.1. The van der Waals surface area contributed by atoms with E-state index in [2.05, 4.69) is 19.9 Å². The van der Waals surface area contributed by atoms with Gasteiger partial charge < -0.3 is 20.4 Å². The number of aromatic nitrogens is 3. The van der Waals surface area contributed by atoms with Crippen LogP contribution in [0.4, 0.5) is 5.82 Å². The van der Waals surface area contributed by atoms with Gasteiger partial charge >= 0.3 is 0 Å². The quantitative estimate of drug-likeness (QED) is 0.606. The summed E-state index contributed by atoms with van der Waals surface area (Å²) in [6, 6.07) is 8.05. The van der Waals surface area contributed by atoms with E-state index in [0.717, 1.165) is 29.3 Å². The number of nitrogens with zero attached hydrogens (tertiary/aromatic N) is 3. The molecule has 0 saturated carbocycles. The van der Waals surface area contributed by atoms with Crippen molar-refractivity contribution in [1.29, 1.82) is 0 Å². The van der Waals surface area contributed by atoms with Crippen molar-refractivity contribution in [2.75, 3.05) is 25.5 Å². The van der Waals surface area contributed by atoms with E-state index in [4.69, 9.17) is 10.5 Å². The zero-order chi connectivity index (χ0) is 18.5. The number of pyridine rings is 1. The zero-order valence-corrected chi connectivity index (χ0v) is 15.2. The van der Waals surface area contributed by atoms with Crippen molar-refractivity contribution in [2.45, 2.75) is 32.7 Å². The zero-order valence-electron chi connectivity index (χ0n) is 15.2. The molecule has 1 aromatic carbocycles. The third-order valence-electron chi connectivity index (χ3n) is 4.43. The Morgan fingerprint density at radius 1 is 1.38 bits per heavy atom. The molecule has 0 radical (unpaired) electrons. The van der Waals surface area contributed by atoms with Gasteiger partial charge in [0.2, 0.25) is 5.91 Å². The summed E-state index contributed by atoms with van der Waals surface area (Å²) in [4.78, 5) is 20.0. The summed E-state index contributed by atoms with van der Waals surface area (Å²) in [5.41, 5.74) is 8.68. The molecule has 3 rings (SSSR count). The number of carbonyl (C=O) groups excluding carboxylic acids is 1. The van der Waals surface area contributed by atoms with Crippen molar-refractivity contribution in [2.24, 2.45) is 0 Å². The van der Waals surface area contributed by atoms with E-state index in [0.29, 0.717) is 31.1 Å². The maximum absolute atomic E-state index is 11.1. The lowest BCUT2D eigenvalue weighted by molar-refractivity contribution is -0.118. The molecule has 0 saturated heterocycles. The van der Waals surface area contributed by atoms with Crippen molar-refractivity contribution < 1.29 is 9.53 Å². The number of nitrogens with one attached hydrogen (secondary N) is 1. The van der Waals surface area contributed by atoms with Crippen LogP contribution >= 0.6 is 0 Å². The van der Waals surface area contributed by atoms with Gasteiger partial charge in [0.1, 0.15) is 5.52 Å². The van der Waals surface area contributed by atoms with E-state index in [1.807, 2.05) is 37.5 Å². The topological polar surface area (TPSA) is 95.1 Å². The normalized spacial score (nSPS) is 12.5. The Morgan fingerprint density at radius 2 is 2.19 bits per heavy atom. The molecule has 3 N–H and O–H groups in total. The van der Waals surface area contributed by atoms with Gasteiger partial charge in [-0.25, -0.2) is 9.97 Å². The SMILES string of the molecule is CCOCC(CCCNC(C)=O)n1cnc2c(N)nc3ccccc3c21. The highest BCUT2D eigenvalue weighted by molar-refractivity contribution is 6.06. The molecule has 26 heavy (non-hydrogen) atoms. The third-order valence-corrected chi connectivity index (χ3v) is 4.43. The Labute approximate surface area is 152 Å². The average molecular weight is 355 g/mol. The number of ether oxygens (including phenoxy) is 1. The second-order valence-corrected chi connectivity index (χ2v) is 6.30. The summed E-state index contributed by atoms with van der Waals surface area (Å²) in [5.74, 6) is 0.426. The largest absolute Gasteiger partial charge is 0.382 e. The summed E-state index contributed by atoms with van der Waals surface area (Å²) in [6.07, 6.45) is 3.54. The van der Waals surface area contributed by atoms with Gasteiger partial charge in [-0.3, -0.25) is 4.79 Å². The summed E-state index contributed by atoms with van der Waals surface area (Å²) >= 11 is 0. The first-order valence-electron chi connectivity index (χ1n) is 8.94. The Kier molecular flexibility index (Phi) is 5.68. The van der Waals surface area contributed by atoms with Crippen LogP contribution in [0.15, 0.2) is 30.6 Å². The van der Waals surface area contributed by atoms with E-state index in [1.165, 1.54) is 6.92 Å². The maximum Gasteiger partial charge on any atom is 0.216 e. The van der Waals surface area contributed by atoms with E-state index in [9.17, 15) is 4.79 Å². The molecule has 7 heteroatoms. The van der Waals surface area contributed by atoms with Crippen molar-refractivity contribution >= 4 is 33.7 Å². The number of nitrogen functional groups attached to an aromatic ring is 1. The number of nitrogens with two attached hydrogens (primary N) is 1. The minimum atomic E-state index is -0.00993. The van der Waals surface area contributed by atoms with Gasteiger partial charge in [-0.05, 0) is 25.8 Å². The summed E-state index contributed by atoms with van der Waals surface area (Å²) in [5, 5.41) is 3.87. The second kappa shape index (κ2) is 8.14. The molecule has 0 spiro atoms. The number of hydrogen-bond acceptors (Lipinski definition) is 5. The first-order valence-corrected chi connectivity index (χ1v) is 8.94. The lowest BCUT2D eigenvalue weighted by Crippen LogP contribution is -2.23. The van der Waals surface area contributed by atoms with Gasteiger partial charge in [0.25, 0.3) is 0 Å². The van der Waals surface area contributed by atoms with Crippen LogP contribution in [-0.4, -0.2) is 40.2 Å². The van der Waals surface area contributed by atoms with E-state index < -0.39 is 0 Å². The van der Waals surface area contributed by atoms with Crippen LogP contribution < -0.4 is 11.1 Å². The van der Waals surface area contributed by atoms with Crippen LogP contribution in [0.3, 0.4) is 0 Å². The standard InChI is InChI=1S/C19H25N5O2/c1-3-26-11-14(7-6-10-21-13(2)25)24-12-22-17-18(24)15-8-4-5-9-16(15)23-19(17)20/h4-5,8-9,12,14H,3,6-7,10-11H2,1-2H3,(H2,20,23)(H,21,25). The molecular weight excluding hydrogens is 330 g/mol. The monoisotopic (exact) mass is 355 g/mol. The first-order chi connectivity index (χ1) is 12.6. The van der Waals surface area contributed by atoms with Crippen LogP contribution in [-0.2, 0) is 9.53 Å². The third kappa shape index (κ3) is 3.77. The van der Waals surface area contributed by atoms with E-state index >= 15 is 0 Å². The molecule has 3 aromatic rings. The van der Waals surface area contributed by atoms with Crippen LogP contribution in [0.1, 0.15) is 32.7 Å². The fourth-order valence-corrected chi connectivity index (χ4v) is 3.20. The second-order valence-electron chi connectivity index (χ2n) is 6.30. The maximum atomic E-state index is 11.1. The van der Waals surface area contributed by atoms with Gasteiger partial charge in [-0.1, -0.05) is 18.2 Å². The number of amides is 1. The molecule has 0 aliphatic rings. The molecule has 7 nitrogen and oxygen atoms in total. The number of imidazole rings is 1. The lowest BCUT2D eigenvalue weighted by Gasteiger charge is -2.20. The minimum absolute atomic E-state index is 0.00993. The molecular formula is C19H25N5O2. The Morgan fingerprint density at radius 3 is 2.96 bits per heavy atom. The number of rotatable bonds is 8. The summed E-state index contributed by atoms with van der Waals surface area (Å²) in [7, 11) is 0. The Bertz CT molecular complexity index is 905. The van der Waals surface area contributed by atoms with Crippen molar-refractivity contribution in [3.63, 3.8) is 0 Å². The fourth-order valence-electron chi connectivity index (χ4n) is 3.20. The Balaban J connectivity index is 1.97. The molecule has 2 aromatic heterocycles. The average Bonchev–Trinajstić information content (AvgIpc) is 3.07. The predicted molar refractivity (Wildman–Crippen MR) is 103 cm³/mol. The molecule has 1 amide bonds. The number of hydrogen-bond donors (Lipinski definition) is 2. The molecule has 0 fully saturated rings. The molecule has 2 heterocycles. The van der Waals surface area contributed by atoms with Gasteiger partial charge in [-0.15, -0.1) is 0 Å². The van der Waals surface area contributed by atoms with Gasteiger partial charge in [0.15, 0.2) is 5.82 Å². The number of fused-ring (bicyclic) bond motifs is 3. The number of anilines is 1. The lowest BCUT2D eigenvalue weighted by atomic mass is 10.1. The highest BCUT2D eigenvalue weighted by Crippen LogP contribution is 2.30. The van der Waals surface area contributed by atoms with Gasteiger partial charge in [0, 0.05) is 25.5 Å². The highest BCUT2D eigenvalue weighted by Gasteiger charge is 2.18. The van der Waals surface area contributed by atoms with Crippen LogP contribution in [0.2, 0.25) is 0 Å². The predicted octanol–water partition coefficient (Wildman–Crippen LogP) is 2.66. The molecule has 0 bridgehead atoms. The van der Waals surface area contributed by atoms with Crippen LogP contribution in [0, 0.1) is 0 Å². The molecule has 1 atom stereocenters. The van der Waals surface area contributed by atoms with Gasteiger partial charge in [-0.2, -0.15) is 0 Å². The van der Waals surface area contributed by atoms with E-state index in [1.54, 1.807) is 0 Å². The van der Waals surface area contributed by atoms with Gasteiger partial charge in [0.05, 0.1) is 30.0 Å². The molecule has 138 valence electrons. The summed E-state index contributed by atoms with van der Waals surface area (Å²) < 4.78 is 7.84. The molecule has 0 aliphatic carbocycles.